The van der Waals surface area contributed by atoms with Gasteiger partial charge in [0.15, 0.2) is 10.9 Å². The Kier molecular flexibility index (Phi) is 6.78. The van der Waals surface area contributed by atoms with E-state index >= 15 is 0 Å². The summed E-state index contributed by atoms with van der Waals surface area (Å²) in [6.07, 6.45) is 1.60. The van der Waals surface area contributed by atoms with Crippen LogP contribution in [0.15, 0.2) is 123 Å². The van der Waals surface area contributed by atoms with Crippen molar-refractivity contribution in [3.05, 3.63) is 103 Å². The number of anilines is 1. The molecule has 5 rings (SSSR count). The third kappa shape index (κ3) is 5.08. The number of para-hydroxylation sites is 2. The fourth-order valence-electron chi connectivity index (χ4n) is 3.33. The smallest absolute Gasteiger partial charge is 0.234 e. The maximum Gasteiger partial charge on any atom is 0.234 e. The number of hydrogen-bond acceptors (Lipinski definition) is 6. The molecule has 8 heteroatoms. The van der Waals surface area contributed by atoms with E-state index in [0.717, 1.165) is 21.2 Å². The molecule has 1 N–H and O–H groups in total. The number of nitrogens with one attached hydrogen (secondary N) is 1. The maximum absolute atomic E-state index is 12.9. The zero-order valence-electron chi connectivity index (χ0n) is 18.0. The highest BCUT2D eigenvalue weighted by Gasteiger charge is 2.19. The van der Waals surface area contributed by atoms with E-state index in [1.54, 1.807) is 18.0 Å². The van der Waals surface area contributed by atoms with Crippen LogP contribution >= 0.6 is 23.5 Å². The minimum Gasteiger partial charge on any atom is -0.461 e. The second-order valence-corrected chi connectivity index (χ2v) is 9.26. The molecule has 0 aliphatic heterocycles. The van der Waals surface area contributed by atoms with Crippen molar-refractivity contribution in [2.24, 2.45) is 0 Å². The third-order valence-corrected chi connectivity index (χ3v) is 6.87. The predicted octanol–water partition coefficient (Wildman–Crippen LogP) is 6.41. The van der Waals surface area contributed by atoms with Gasteiger partial charge in [0.25, 0.3) is 0 Å². The molecule has 0 aliphatic rings. The van der Waals surface area contributed by atoms with Crippen LogP contribution in [0.3, 0.4) is 0 Å². The second kappa shape index (κ2) is 10.5. The lowest BCUT2D eigenvalue weighted by Gasteiger charge is -2.11. The van der Waals surface area contributed by atoms with Crippen molar-refractivity contribution in [3.8, 4) is 17.3 Å². The van der Waals surface area contributed by atoms with Crippen molar-refractivity contribution in [2.75, 3.05) is 11.1 Å². The molecule has 3 aromatic carbocycles. The molecule has 0 unspecified atom stereocenters. The van der Waals surface area contributed by atoms with E-state index in [0.29, 0.717) is 16.7 Å². The molecule has 0 fully saturated rings. The normalized spacial score (nSPS) is 10.8. The van der Waals surface area contributed by atoms with Crippen molar-refractivity contribution < 1.29 is 9.21 Å². The molecule has 0 spiro atoms. The van der Waals surface area contributed by atoms with Gasteiger partial charge in [0, 0.05) is 15.5 Å². The Hall–Kier alpha value is -3.75. The Balaban J connectivity index is 1.32. The molecule has 0 bridgehead atoms. The number of thioether (sulfide) groups is 1. The lowest BCUT2D eigenvalue weighted by atomic mass is 10.3. The largest absolute Gasteiger partial charge is 0.461 e. The van der Waals surface area contributed by atoms with Gasteiger partial charge in [-0.2, -0.15) is 0 Å². The molecule has 0 saturated heterocycles. The lowest BCUT2D eigenvalue weighted by Crippen LogP contribution is -2.15. The summed E-state index contributed by atoms with van der Waals surface area (Å²) in [4.78, 5) is 15.0. The van der Waals surface area contributed by atoms with Crippen LogP contribution in [0.1, 0.15) is 0 Å². The van der Waals surface area contributed by atoms with Gasteiger partial charge in [0.2, 0.25) is 11.7 Å². The van der Waals surface area contributed by atoms with Gasteiger partial charge in [0.1, 0.15) is 0 Å². The number of carbonyl (C=O) groups is 1. The zero-order chi connectivity index (χ0) is 23.2. The van der Waals surface area contributed by atoms with Crippen molar-refractivity contribution in [1.82, 2.24) is 14.8 Å². The van der Waals surface area contributed by atoms with Gasteiger partial charge in [-0.05, 0) is 48.5 Å². The Labute approximate surface area is 205 Å². The molecular formula is C26H20N4O2S2. The van der Waals surface area contributed by atoms with E-state index in [1.165, 1.54) is 11.8 Å². The Morgan fingerprint density at radius 2 is 1.59 bits per heavy atom. The molecule has 1 amide bonds. The predicted molar refractivity (Wildman–Crippen MR) is 135 cm³/mol. The first-order valence-corrected chi connectivity index (χ1v) is 12.4. The average Bonchev–Trinajstić information content (AvgIpc) is 3.55. The van der Waals surface area contributed by atoms with E-state index in [1.807, 2.05) is 102 Å². The molecule has 168 valence electrons. The maximum atomic E-state index is 12.9. The first-order valence-electron chi connectivity index (χ1n) is 10.6. The minimum absolute atomic E-state index is 0.117. The summed E-state index contributed by atoms with van der Waals surface area (Å²) in [6.45, 7) is 0. The summed E-state index contributed by atoms with van der Waals surface area (Å²) in [5.74, 6) is 1.27. The number of furan rings is 1. The first-order chi connectivity index (χ1) is 16.8. The average molecular weight is 485 g/mol. The molecule has 0 atom stereocenters. The van der Waals surface area contributed by atoms with E-state index in [2.05, 4.69) is 15.5 Å². The highest BCUT2D eigenvalue weighted by Crippen LogP contribution is 2.33. The van der Waals surface area contributed by atoms with E-state index in [9.17, 15) is 4.79 Å². The molecule has 0 aliphatic carbocycles. The van der Waals surface area contributed by atoms with Gasteiger partial charge < -0.3 is 9.73 Å². The number of aromatic nitrogens is 3. The fourth-order valence-corrected chi connectivity index (χ4v) is 5.00. The SMILES string of the molecule is O=C(CSc1nnc(-c2ccco2)n1-c1ccccc1)Nc1ccccc1Sc1ccccc1. The molecule has 0 saturated carbocycles. The molecule has 2 aromatic heterocycles. The van der Waals surface area contributed by atoms with Crippen molar-refractivity contribution in [3.63, 3.8) is 0 Å². The fraction of sp³-hybridized carbons (Fsp3) is 0.0385. The van der Waals surface area contributed by atoms with Crippen LogP contribution in [0, 0.1) is 0 Å². The van der Waals surface area contributed by atoms with E-state index in [4.69, 9.17) is 4.42 Å². The third-order valence-electron chi connectivity index (χ3n) is 4.85. The summed E-state index contributed by atoms with van der Waals surface area (Å²) < 4.78 is 7.45. The second-order valence-electron chi connectivity index (χ2n) is 7.20. The van der Waals surface area contributed by atoms with Crippen molar-refractivity contribution in [1.29, 1.82) is 0 Å². The number of nitrogens with zero attached hydrogens (tertiary/aromatic N) is 3. The van der Waals surface area contributed by atoms with Crippen LogP contribution in [0.2, 0.25) is 0 Å². The van der Waals surface area contributed by atoms with Crippen LogP contribution in [0.5, 0.6) is 0 Å². The van der Waals surface area contributed by atoms with Gasteiger partial charge in [-0.15, -0.1) is 10.2 Å². The number of hydrogen-bond donors (Lipinski definition) is 1. The summed E-state index contributed by atoms with van der Waals surface area (Å²) in [6, 6.07) is 31.3. The van der Waals surface area contributed by atoms with Crippen LogP contribution in [-0.2, 0) is 4.79 Å². The van der Waals surface area contributed by atoms with Crippen LogP contribution in [0.25, 0.3) is 17.3 Å². The van der Waals surface area contributed by atoms with Crippen LogP contribution < -0.4 is 5.32 Å². The number of benzene rings is 3. The quantitative estimate of drug-likeness (QED) is 0.257. The minimum atomic E-state index is -0.117. The summed E-state index contributed by atoms with van der Waals surface area (Å²) >= 11 is 2.94. The summed E-state index contributed by atoms with van der Waals surface area (Å²) in [5, 5.41) is 12.3. The van der Waals surface area contributed by atoms with Crippen LogP contribution in [0.4, 0.5) is 5.69 Å². The van der Waals surface area contributed by atoms with Crippen molar-refractivity contribution >= 4 is 35.1 Å². The number of carbonyl (C=O) groups excluding carboxylic acids is 1. The van der Waals surface area contributed by atoms with Gasteiger partial charge in [-0.25, -0.2) is 0 Å². The molecule has 0 radical (unpaired) electrons. The van der Waals surface area contributed by atoms with Gasteiger partial charge in [-0.3, -0.25) is 9.36 Å². The topological polar surface area (TPSA) is 73.0 Å². The molecule has 5 aromatic rings. The lowest BCUT2D eigenvalue weighted by molar-refractivity contribution is -0.113. The number of rotatable bonds is 8. The zero-order valence-corrected chi connectivity index (χ0v) is 19.6. The first kappa shape index (κ1) is 22.1. The highest BCUT2D eigenvalue weighted by molar-refractivity contribution is 8.00. The molecule has 2 heterocycles. The summed E-state index contributed by atoms with van der Waals surface area (Å²) in [5.41, 5.74) is 1.68. The highest BCUT2D eigenvalue weighted by atomic mass is 32.2. The molecule has 34 heavy (non-hydrogen) atoms. The Bertz CT molecular complexity index is 1370. The Morgan fingerprint density at radius 3 is 2.35 bits per heavy atom. The molecular weight excluding hydrogens is 464 g/mol. The van der Waals surface area contributed by atoms with E-state index < -0.39 is 0 Å². The van der Waals surface area contributed by atoms with E-state index in [-0.39, 0.29) is 11.7 Å². The standard InChI is InChI=1S/C26H20N4O2S2/c31-24(27-21-14-7-8-16-23(21)34-20-12-5-2-6-13-20)18-33-26-29-28-25(22-15-9-17-32-22)30(26)19-10-3-1-4-11-19/h1-17H,18H2,(H,27,31). The molecule has 6 nitrogen and oxygen atoms in total. The van der Waals surface area contributed by atoms with Crippen LogP contribution in [-0.4, -0.2) is 26.4 Å². The van der Waals surface area contributed by atoms with Gasteiger partial charge in [0.05, 0.1) is 17.7 Å². The van der Waals surface area contributed by atoms with Gasteiger partial charge >= 0.3 is 0 Å². The number of amides is 1. The summed E-state index contributed by atoms with van der Waals surface area (Å²) in [7, 11) is 0. The van der Waals surface area contributed by atoms with Gasteiger partial charge in [-0.1, -0.05) is 72.1 Å². The van der Waals surface area contributed by atoms with Crippen molar-refractivity contribution in [2.45, 2.75) is 14.9 Å². The monoisotopic (exact) mass is 484 g/mol. The Morgan fingerprint density at radius 1 is 0.853 bits per heavy atom.